The first-order valence-corrected chi connectivity index (χ1v) is 11.1. The quantitative estimate of drug-likeness (QED) is 0.357. The van der Waals surface area contributed by atoms with E-state index in [9.17, 15) is 14.0 Å². The SMILES string of the molecule is CCc1[nH]c(=O)c(-c2ccc(F)c(Cl)c2)cc1Nc1ccnc2c1ccn2C(=O)OC(C)(C)C. The average molecular weight is 483 g/mol. The van der Waals surface area contributed by atoms with Gasteiger partial charge in [-0.2, -0.15) is 0 Å². The van der Waals surface area contributed by atoms with Gasteiger partial charge >= 0.3 is 6.09 Å². The number of hydrogen-bond donors (Lipinski definition) is 2. The number of nitrogens with zero attached hydrogens (tertiary/aromatic N) is 2. The maximum absolute atomic E-state index is 13.6. The summed E-state index contributed by atoms with van der Waals surface area (Å²) < 4.78 is 20.4. The van der Waals surface area contributed by atoms with Gasteiger partial charge in [-0.05, 0) is 63.1 Å². The van der Waals surface area contributed by atoms with Crippen molar-refractivity contribution in [3.05, 3.63) is 75.7 Å². The van der Waals surface area contributed by atoms with E-state index in [2.05, 4.69) is 15.3 Å². The van der Waals surface area contributed by atoms with Crippen LogP contribution in [-0.2, 0) is 11.2 Å². The van der Waals surface area contributed by atoms with Crippen LogP contribution in [0.4, 0.5) is 20.6 Å². The molecule has 176 valence electrons. The molecule has 0 aliphatic carbocycles. The Kier molecular flexibility index (Phi) is 6.18. The Morgan fingerprint density at radius 1 is 1.21 bits per heavy atom. The molecule has 0 aliphatic rings. The van der Waals surface area contributed by atoms with Gasteiger partial charge in [-0.3, -0.25) is 4.79 Å². The summed E-state index contributed by atoms with van der Waals surface area (Å²) in [6.07, 6.45) is 3.23. The molecule has 0 bridgehead atoms. The Labute approximate surface area is 200 Å². The van der Waals surface area contributed by atoms with E-state index in [0.717, 1.165) is 0 Å². The van der Waals surface area contributed by atoms with Gasteiger partial charge in [-0.1, -0.05) is 24.6 Å². The van der Waals surface area contributed by atoms with Gasteiger partial charge in [-0.25, -0.2) is 18.7 Å². The standard InChI is InChI=1S/C25H24ClFN4O3/c1-5-19-21(13-16(23(32)30-19)14-6-7-18(27)17(26)12-14)29-20-8-10-28-22-15(20)9-11-31(22)24(33)34-25(2,3)4/h6-13H,5H2,1-4H3,(H,28,29)(H,30,32). The van der Waals surface area contributed by atoms with Crippen LogP contribution in [0.25, 0.3) is 22.2 Å². The first kappa shape index (κ1) is 23.5. The number of rotatable bonds is 4. The molecule has 0 aliphatic heterocycles. The number of hydrogen-bond acceptors (Lipinski definition) is 5. The molecular weight excluding hydrogens is 459 g/mol. The molecule has 0 unspecified atom stereocenters. The van der Waals surface area contributed by atoms with Gasteiger partial charge in [0, 0.05) is 29.0 Å². The minimum atomic E-state index is -0.644. The number of H-pyrrole nitrogens is 1. The van der Waals surface area contributed by atoms with Gasteiger partial charge in [0.25, 0.3) is 5.56 Å². The summed E-state index contributed by atoms with van der Waals surface area (Å²) in [5.74, 6) is -0.556. The van der Waals surface area contributed by atoms with Crippen molar-refractivity contribution in [2.45, 2.75) is 39.7 Å². The van der Waals surface area contributed by atoms with Crippen LogP contribution in [0.15, 0.2) is 53.6 Å². The zero-order valence-electron chi connectivity index (χ0n) is 19.2. The zero-order valence-corrected chi connectivity index (χ0v) is 20.0. The van der Waals surface area contributed by atoms with Crippen LogP contribution >= 0.6 is 11.6 Å². The van der Waals surface area contributed by atoms with E-state index in [0.29, 0.717) is 45.6 Å². The Balaban J connectivity index is 1.76. The predicted octanol–water partition coefficient (Wildman–Crippen LogP) is 6.27. The minimum absolute atomic E-state index is 0.0645. The third-order valence-corrected chi connectivity index (χ3v) is 5.44. The number of halogens is 2. The molecule has 0 radical (unpaired) electrons. The van der Waals surface area contributed by atoms with Gasteiger partial charge in [-0.15, -0.1) is 0 Å². The molecule has 3 heterocycles. The lowest BCUT2D eigenvalue weighted by molar-refractivity contribution is 0.0543. The number of carbonyl (C=O) groups excluding carboxylic acids is 1. The molecule has 9 heteroatoms. The van der Waals surface area contributed by atoms with Crippen molar-refractivity contribution in [1.82, 2.24) is 14.5 Å². The van der Waals surface area contributed by atoms with Gasteiger partial charge in [0.2, 0.25) is 0 Å². The lowest BCUT2D eigenvalue weighted by atomic mass is 10.1. The largest absolute Gasteiger partial charge is 0.443 e. The lowest BCUT2D eigenvalue weighted by Gasteiger charge is -2.19. The summed E-state index contributed by atoms with van der Waals surface area (Å²) in [5, 5.41) is 3.98. The highest BCUT2D eigenvalue weighted by atomic mass is 35.5. The topological polar surface area (TPSA) is 89.0 Å². The fourth-order valence-corrected chi connectivity index (χ4v) is 3.77. The van der Waals surface area contributed by atoms with Crippen LogP contribution < -0.4 is 10.9 Å². The fraction of sp³-hybridized carbons (Fsp3) is 0.240. The first-order valence-electron chi connectivity index (χ1n) is 10.8. The van der Waals surface area contributed by atoms with Crippen molar-refractivity contribution in [2.24, 2.45) is 0 Å². The molecule has 0 atom stereocenters. The number of aryl methyl sites for hydroxylation is 1. The number of benzene rings is 1. The molecule has 2 N–H and O–H groups in total. The van der Waals surface area contributed by atoms with Crippen molar-refractivity contribution in [3.63, 3.8) is 0 Å². The number of carbonyl (C=O) groups is 1. The van der Waals surface area contributed by atoms with Crippen LogP contribution in [0, 0.1) is 5.82 Å². The number of aromatic amines is 1. The second-order valence-electron chi connectivity index (χ2n) is 8.77. The molecule has 0 fully saturated rings. The zero-order chi connectivity index (χ0) is 24.6. The molecule has 4 rings (SSSR count). The minimum Gasteiger partial charge on any atom is -0.443 e. The van der Waals surface area contributed by atoms with E-state index in [1.165, 1.54) is 22.8 Å². The third-order valence-electron chi connectivity index (χ3n) is 5.15. The summed E-state index contributed by atoms with van der Waals surface area (Å²) in [7, 11) is 0. The van der Waals surface area contributed by atoms with Crippen molar-refractivity contribution in [2.75, 3.05) is 5.32 Å². The molecule has 1 aromatic carbocycles. The molecule has 0 spiro atoms. The van der Waals surface area contributed by atoms with E-state index in [-0.39, 0.29) is 10.6 Å². The summed E-state index contributed by atoms with van der Waals surface area (Å²) in [6.45, 7) is 7.31. The Morgan fingerprint density at radius 2 is 1.97 bits per heavy atom. The predicted molar refractivity (Wildman–Crippen MR) is 131 cm³/mol. The number of aromatic nitrogens is 3. The Bertz CT molecular complexity index is 1450. The van der Waals surface area contributed by atoms with Gasteiger partial charge in [0.05, 0.1) is 16.4 Å². The number of anilines is 2. The van der Waals surface area contributed by atoms with E-state index in [1.54, 1.807) is 51.4 Å². The third kappa shape index (κ3) is 4.68. The summed E-state index contributed by atoms with van der Waals surface area (Å²) in [5.41, 5.74) is 2.38. The second-order valence-corrected chi connectivity index (χ2v) is 9.18. The van der Waals surface area contributed by atoms with Crippen LogP contribution in [0.3, 0.4) is 0 Å². The van der Waals surface area contributed by atoms with Gasteiger partial charge in [0.15, 0.2) is 5.65 Å². The Morgan fingerprint density at radius 3 is 2.65 bits per heavy atom. The monoisotopic (exact) mass is 482 g/mol. The van der Waals surface area contributed by atoms with Crippen LogP contribution in [-0.4, -0.2) is 26.2 Å². The summed E-state index contributed by atoms with van der Waals surface area (Å²) in [4.78, 5) is 32.6. The van der Waals surface area contributed by atoms with Crippen molar-refractivity contribution >= 4 is 40.1 Å². The van der Waals surface area contributed by atoms with E-state index < -0.39 is 17.5 Å². The first-order chi connectivity index (χ1) is 16.1. The van der Waals surface area contributed by atoms with Gasteiger partial charge < -0.3 is 15.0 Å². The highest BCUT2D eigenvalue weighted by Gasteiger charge is 2.20. The van der Waals surface area contributed by atoms with Crippen molar-refractivity contribution in [3.8, 4) is 11.1 Å². The molecule has 3 aromatic heterocycles. The maximum atomic E-state index is 13.6. The lowest BCUT2D eigenvalue weighted by Crippen LogP contribution is -2.26. The molecule has 0 saturated heterocycles. The summed E-state index contributed by atoms with van der Waals surface area (Å²) >= 11 is 5.93. The highest BCUT2D eigenvalue weighted by Crippen LogP contribution is 2.30. The van der Waals surface area contributed by atoms with Crippen molar-refractivity contribution in [1.29, 1.82) is 0 Å². The van der Waals surface area contributed by atoms with Crippen LogP contribution in [0.5, 0.6) is 0 Å². The second kappa shape index (κ2) is 8.95. The van der Waals surface area contributed by atoms with Crippen LogP contribution in [0.1, 0.15) is 33.4 Å². The fourth-order valence-electron chi connectivity index (χ4n) is 3.59. The number of ether oxygens (including phenoxy) is 1. The Hall–Kier alpha value is -3.65. The molecule has 7 nitrogen and oxygen atoms in total. The van der Waals surface area contributed by atoms with Crippen LogP contribution in [0.2, 0.25) is 5.02 Å². The number of fused-ring (bicyclic) bond motifs is 1. The molecule has 0 saturated carbocycles. The van der Waals surface area contributed by atoms with E-state index >= 15 is 0 Å². The molecular formula is C25H24ClFN4O3. The number of nitrogens with one attached hydrogen (secondary N) is 2. The molecule has 0 amide bonds. The maximum Gasteiger partial charge on any atom is 0.420 e. The normalized spacial score (nSPS) is 11.6. The average Bonchev–Trinajstić information content (AvgIpc) is 3.21. The van der Waals surface area contributed by atoms with Gasteiger partial charge in [0.1, 0.15) is 11.4 Å². The van der Waals surface area contributed by atoms with E-state index in [1.807, 2.05) is 6.92 Å². The smallest absolute Gasteiger partial charge is 0.420 e. The number of pyridine rings is 2. The molecule has 4 aromatic rings. The van der Waals surface area contributed by atoms with Crippen molar-refractivity contribution < 1.29 is 13.9 Å². The van der Waals surface area contributed by atoms with E-state index in [4.69, 9.17) is 16.3 Å². The molecule has 34 heavy (non-hydrogen) atoms. The summed E-state index contributed by atoms with van der Waals surface area (Å²) in [6, 6.07) is 9.41. The highest BCUT2D eigenvalue weighted by molar-refractivity contribution is 6.31.